The third kappa shape index (κ3) is 6.97. The fourth-order valence-corrected chi connectivity index (χ4v) is 6.82. The molecule has 3 heterocycles. The van der Waals surface area contributed by atoms with E-state index in [0.717, 1.165) is 39.0 Å². The second-order valence-corrected chi connectivity index (χ2v) is 14.3. The Hall–Kier alpha value is -2.84. The molecule has 0 atom stereocenters. The summed E-state index contributed by atoms with van der Waals surface area (Å²) in [5, 5.41) is 10.5. The highest BCUT2D eigenvalue weighted by Crippen LogP contribution is 2.39. The van der Waals surface area contributed by atoms with Crippen LogP contribution in [0.1, 0.15) is 32.1 Å². The molecule has 0 aliphatic carbocycles. The molecular formula is C30H41ClN7O2P. The van der Waals surface area contributed by atoms with Gasteiger partial charge >= 0.3 is 0 Å². The number of benzene rings is 2. The highest BCUT2D eigenvalue weighted by molar-refractivity contribution is 7.70. The van der Waals surface area contributed by atoms with Crippen LogP contribution in [-0.4, -0.2) is 80.6 Å². The number of hydrogen-bond acceptors (Lipinski definition) is 9. The van der Waals surface area contributed by atoms with Crippen molar-refractivity contribution in [3.8, 4) is 5.75 Å². The lowest BCUT2D eigenvalue weighted by Crippen LogP contribution is -2.52. The first-order chi connectivity index (χ1) is 21.7. The van der Waals surface area contributed by atoms with E-state index in [-0.39, 0.29) is 22.4 Å². The smallest absolute Gasteiger partial charge is 0.229 e. The third-order valence-corrected chi connectivity index (χ3v) is 9.48. The van der Waals surface area contributed by atoms with Crippen molar-refractivity contribution in [2.75, 3.05) is 75.2 Å². The number of rotatable bonds is 9. The third-order valence-electron chi connectivity index (χ3n) is 7.65. The Morgan fingerprint density at radius 1 is 1.15 bits per heavy atom. The lowest BCUT2D eigenvalue weighted by Gasteiger charge is -2.41. The van der Waals surface area contributed by atoms with Crippen LogP contribution in [0.4, 0.5) is 28.8 Å². The summed E-state index contributed by atoms with van der Waals surface area (Å²) in [5.74, 6) is 0.755. The monoisotopic (exact) mass is 602 g/mol. The predicted molar refractivity (Wildman–Crippen MR) is 171 cm³/mol. The number of piperidine rings is 1. The number of halogens is 1. The molecule has 11 heteroatoms. The van der Waals surface area contributed by atoms with Crippen molar-refractivity contribution >= 4 is 52.9 Å². The second-order valence-electron chi connectivity index (χ2n) is 10.7. The maximum atomic E-state index is 12.9. The van der Waals surface area contributed by atoms with Gasteiger partial charge in [-0.3, -0.25) is 4.90 Å². The molecular weight excluding hydrogens is 557 g/mol. The molecule has 2 aliphatic heterocycles. The van der Waals surface area contributed by atoms with Crippen LogP contribution in [0.2, 0.25) is 5.02 Å². The SMILES string of the molecule is [2H]C([2H])([2H])C([2H])([2H])c1cc(Nc2ncc(Cl)c(Nc3ccccc3P(C)(C)=O)n2)c(OC)cc1N1CCC(N2CCNCC2)CC1. The van der Waals surface area contributed by atoms with E-state index in [0.29, 0.717) is 47.2 Å². The molecule has 2 fully saturated rings. The number of piperazine rings is 1. The van der Waals surface area contributed by atoms with E-state index in [1.165, 1.54) is 19.4 Å². The molecule has 0 saturated carbocycles. The molecule has 9 nitrogen and oxygen atoms in total. The minimum Gasteiger partial charge on any atom is -0.494 e. The van der Waals surface area contributed by atoms with Crippen LogP contribution in [-0.2, 0) is 10.9 Å². The largest absolute Gasteiger partial charge is 0.494 e. The van der Waals surface area contributed by atoms with Crippen LogP contribution in [0.5, 0.6) is 5.75 Å². The number of para-hydroxylation sites is 1. The van der Waals surface area contributed by atoms with Crippen molar-refractivity contribution in [3.05, 3.63) is 53.2 Å². The standard InChI is InChI=1S/C30H41ClN7O2P/c1-5-21-18-25(27(40-2)19-26(21)38-14-10-22(11-15-38)37-16-12-32-13-17-37)35-30-33-20-23(31)29(36-30)34-24-8-6-7-9-28(24)41(3,4)39/h6-9,18-20,22,32H,5,10-17H2,1-4H3,(H2,33,34,35,36)/i1D3,5D2. The summed E-state index contributed by atoms with van der Waals surface area (Å²) in [6, 6.07) is 10.8. The van der Waals surface area contributed by atoms with Crippen LogP contribution in [0.15, 0.2) is 42.6 Å². The zero-order valence-electron chi connectivity index (χ0n) is 28.7. The van der Waals surface area contributed by atoms with Gasteiger partial charge < -0.3 is 30.2 Å². The first-order valence-corrected chi connectivity index (χ1v) is 16.8. The van der Waals surface area contributed by atoms with Gasteiger partial charge in [-0.05, 0) is 56.3 Å². The van der Waals surface area contributed by atoms with Crippen LogP contribution in [0, 0.1) is 0 Å². The van der Waals surface area contributed by atoms with Gasteiger partial charge in [-0.2, -0.15) is 4.98 Å². The number of nitrogens with zero attached hydrogens (tertiary/aromatic N) is 4. The van der Waals surface area contributed by atoms with Gasteiger partial charge in [-0.1, -0.05) is 30.6 Å². The van der Waals surface area contributed by atoms with E-state index in [9.17, 15) is 4.57 Å². The molecule has 0 radical (unpaired) electrons. The van der Waals surface area contributed by atoms with E-state index >= 15 is 0 Å². The Morgan fingerprint density at radius 2 is 1.90 bits per heavy atom. The molecule has 41 heavy (non-hydrogen) atoms. The molecule has 0 bridgehead atoms. The molecule has 3 aromatic rings. The Morgan fingerprint density at radius 3 is 2.61 bits per heavy atom. The Labute approximate surface area is 255 Å². The zero-order chi connectivity index (χ0) is 33.3. The highest BCUT2D eigenvalue weighted by Gasteiger charge is 2.27. The number of ether oxygens (including phenoxy) is 1. The summed E-state index contributed by atoms with van der Waals surface area (Å²) >= 11 is 6.44. The minimum absolute atomic E-state index is 0.0271. The van der Waals surface area contributed by atoms with Crippen LogP contribution in [0.3, 0.4) is 0 Å². The fourth-order valence-electron chi connectivity index (χ4n) is 5.53. The number of nitrogens with one attached hydrogen (secondary N) is 3. The summed E-state index contributed by atoms with van der Waals surface area (Å²) in [7, 11) is -1.12. The van der Waals surface area contributed by atoms with E-state index in [4.69, 9.17) is 23.2 Å². The van der Waals surface area contributed by atoms with E-state index in [2.05, 4.69) is 35.7 Å². The molecule has 1 aromatic heterocycles. The lowest BCUT2D eigenvalue weighted by molar-refractivity contribution is 0.150. The van der Waals surface area contributed by atoms with Gasteiger partial charge in [0.05, 0.1) is 24.7 Å². The van der Waals surface area contributed by atoms with Gasteiger partial charge in [0, 0.05) is 69.2 Å². The van der Waals surface area contributed by atoms with E-state index in [1.807, 2.05) is 12.1 Å². The summed E-state index contributed by atoms with van der Waals surface area (Å²) in [5.41, 5.74) is 1.41. The molecule has 0 unspecified atom stereocenters. The predicted octanol–water partition coefficient (Wildman–Crippen LogP) is 5.31. The number of methoxy groups -OCH3 is 1. The van der Waals surface area contributed by atoms with Crippen LogP contribution in [0.25, 0.3) is 0 Å². The molecule has 0 amide bonds. The number of anilines is 5. The summed E-state index contributed by atoms with van der Waals surface area (Å²) in [6.07, 6.45) is 0.528. The molecule has 3 N–H and O–H groups in total. The van der Waals surface area contributed by atoms with Crippen molar-refractivity contribution in [2.24, 2.45) is 0 Å². The van der Waals surface area contributed by atoms with Crippen molar-refractivity contribution in [2.45, 2.75) is 32.1 Å². The normalized spacial score (nSPS) is 19.4. The fraction of sp³-hybridized carbons (Fsp3) is 0.467. The van der Waals surface area contributed by atoms with Gasteiger partial charge in [0.1, 0.15) is 17.9 Å². The number of aryl methyl sites for hydroxylation is 1. The highest BCUT2D eigenvalue weighted by atomic mass is 35.5. The van der Waals surface area contributed by atoms with Crippen molar-refractivity contribution in [1.29, 1.82) is 0 Å². The molecule has 5 rings (SSSR count). The van der Waals surface area contributed by atoms with Gasteiger partial charge in [0.15, 0.2) is 5.82 Å². The molecule has 2 aromatic carbocycles. The second kappa shape index (κ2) is 13.0. The molecule has 2 saturated heterocycles. The zero-order valence-corrected chi connectivity index (χ0v) is 25.4. The maximum Gasteiger partial charge on any atom is 0.229 e. The van der Waals surface area contributed by atoms with Gasteiger partial charge in [-0.25, -0.2) is 4.98 Å². The molecule has 0 spiro atoms. The average Bonchev–Trinajstić information content (AvgIpc) is 3.02. The first kappa shape index (κ1) is 23.7. The van der Waals surface area contributed by atoms with Crippen molar-refractivity contribution < 1.29 is 16.2 Å². The Kier molecular flexibility index (Phi) is 7.51. The number of aromatic nitrogens is 2. The minimum atomic E-state index is -2.92. The van der Waals surface area contributed by atoms with Crippen LogP contribution < -0.4 is 30.9 Å². The average molecular weight is 603 g/mol. The summed E-state index contributed by atoms with van der Waals surface area (Å²) in [6.45, 7) is 5.70. The van der Waals surface area contributed by atoms with Crippen molar-refractivity contribution in [1.82, 2.24) is 20.2 Å². The summed E-state index contributed by atoms with van der Waals surface area (Å²) in [4.78, 5) is 13.4. The lowest BCUT2D eigenvalue weighted by atomic mass is 9.99. The van der Waals surface area contributed by atoms with Gasteiger partial charge in [0.25, 0.3) is 0 Å². The quantitative estimate of drug-likeness (QED) is 0.282. The summed E-state index contributed by atoms with van der Waals surface area (Å²) < 4.78 is 60.3. The topological polar surface area (TPSA) is 94.6 Å². The Balaban J connectivity index is 1.47. The first-order valence-electron chi connectivity index (χ1n) is 16.3. The molecule has 2 aliphatic rings. The van der Waals surface area contributed by atoms with E-state index < -0.39 is 20.4 Å². The number of hydrogen-bond donors (Lipinski definition) is 3. The van der Waals surface area contributed by atoms with Crippen LogP contribution >= 0.6 is 18.7 Å². The van der Waals surface area contributed by atoms with E-state index in [1.54, 1.807) is 31.5 Å². The van der Waals surface area contributed by atoms with Gasteiger partial charge in [0.2, 0.25) is 5.95 Å². The maximum absolute atomic E-state index is 12.9. The Bertz CT molecular complexity index is 1590. The molecule has 220 valence electrons. The van der Waals surface area contributed by atoms with Crippen molar-refractivity contribution in [3.63, 3.8) is 0 Å². The van der Waals surface area contributed by atoms with Gasteiger partial charge in [-0.15, -0.1) is 0 Å².